The molecule has 0 aliphatic carbocycles. The molecule has 1 atom stereocenters. The summed E-state index contributed by atoms with van der Waals surface area (Å²) in [5.74, 6) is 0. The molecule has 0 heterocycles. The highest BCUT2D eigenvalue weighted by molar-refractivity contribution is 5.45. The Hall–Kier alpha value is -1.10. The zero-order valence-corrected chi connectivity index (χ0v) is 7.40. The molecule has 0 aliphatic rings. The first-order valence-corrected chi connectivity index (χ1v) is 4.13. The number of rotatable bonds is 3. The van der Waals surface area contributed by atoms with Crippen molar-refractivity contribution in [2.45, 2.75) is 12.6 Å². The summed E-state index contributed by atoms with van der Waals surface area (Å²) in [7, 11) is 0. The van der Waals surface area contributed by atoms with Crippen molar-refractivity contribution >= 4 is 5.69 Å². The molecule has 0 spiro atoms. The quantitative estimate of drug-likeness (QED) is 0.482. The van der Waals surface area contributed by atoms with Crippen LogP contribution in [0.2, 0.25) is 0 Å². The van der Waals surface area contributed by atoms with Gasteiger partial charge in [0.1, 0.15) is 0 Å². The fourth-order valence-electron chi connectivity index (χ4n) is 1.25. The van der Waals surface area contributed by atoms with Gasteiger partial charge in [0.15, 0.2) is 0 Å². The van der Waals surface area contributed by atoms with Crippen LogP contribution in [0.5, 0.6) is 0 Å². The molecule has 1 rings (SSSR count). The molecule has 0 saturated carbocycles. The maximum Gasteiger partial charge on any atom is 0.0685 e. The maximum atomic E-state index is 9.04. The Morgan fingerprint density at radius 1 is 1.38 bits per heavy atom. The highest BCUT2D eigenvalue weighted by Crippen LogP contribution is 2.18. The lowest BCUT2D eigenvalue weighted by Crippen LogP contribution is -2.22. The van der Waals surface area contributed by atoms with E-state index in [1.165, 1.54) is 0 Å². The van der Waals surface area contributed by atoms with Gasteiger partial charge in [-0.05, 0) is 23.3 Å². The second-order valence-corrected chi connectivity index (χ2v) is 2.96. The molecule has 0 aliphatic heterocycles. The Kier molecular flexibility index (Phi) is 3.25. The number of hydrogen-bond donors (Lipinski definition) is 4. The lowest BCUT2D eigenvalue weighted by molar-refractivity contribution is 0.280. The molecule has 0 fully saturated rings. The van der Waals surface area contributed by atoms with Gasteiger partial charge >= 0.3 is 0 Å². The summed E-state index contributed by atoms with van der Waals surface area (Å²) in [6.07, 6.45) is 0. The largest absolute Gasteiger partial charge is 0.399 e. The maximum absolute atomic E-state index is 9.04. The lowest BCUT2D eigenvalue weighted by Gasteiger charge is -2.13. The predicted octanol–water partition coefficient (Wildman–Crippen LogP) is -0.280. The Balaban J connectivity index is 3.05. The van der Waals surface area contributed by atoms with E-state index in [2.05, 4.69) is 0 Å². The van der Waals surface area contributed by atoms with E-state index < -0.39 is 0 Å². The number of anilines is 1. The average molecular weight is 181 g/mol. The van der Waals surface area contributed by atoms with Gasteiger partial charge in [0, 0.05) is 18.3 Å². The summed E-state index contributed by atoms with van der Waals surface area (Å²) in [6, 6.07) is 5.04. The normalized spacial score (nSPS) is 12.8. The third-order valence-corrected chi connectivity index (χ3v) is 1.99. The first kappa shape index (κ1) is 9.98. The van der Waals surface area contributed by atoms with Crippen LogP contribution >= 0.6 is 0 Å². The number of aliphatic hydroxyl groups is 1. The van der Waals surface area contributed by atoms with Gasteiger partial charge in [0.25, 0.3) is 0 Å². The fraction of sp³-hybridized carbons (Fsp3) is 0.333. The number of aliphatic hydroxyl groups excluding tert-OH is 1. The molecule has 0 aromatic heterocycles. The van der Waals surface area contributed by atoms with Crippen molar-refractivity contribution in [3.05, 3.63) is 29.3 Å². The van der Waals surface area contributed by atoms with Gasteiger partial charge < -0.3 is 22.3 Å². The number of hydrogen-bond acceptors (Lipinski definition) is 4. The zero-order valence-electron chi connectivity index (χ0n) is 7.40. The first-order chi connectivity index (χ1) is 6.19. The topological polar surface area (TPSA) is 98.3 Å². The van der Waals surface area contributed by atoms with E-state index >= 15 is 0 Å². The van der Waals surface area contributed by atoms with Crippen LogP contribution in [-0.2, 0) is 6.61 Å². The van der Waals surface area contributed by atoms with Gasteiger partial charge in [-0.3, -0.25) is 0 Å². The molecule has 4 heteroatoms. The monoisotopic (exact) mass is 181 g/mol. The molecule has 7 N–H and O–H groups in total. The van der Waals surface area contributed by atoms with Gasteiger partial charge in [-0.2, -0.15) is 0 Å². The molecule has 13 heavy (non-hydrogen) atoms. The summed E-state index contributed by atoms with van der Waals surface area (Å²) in [5.41, 5.74) is 19.0. The minimum absolute atomic E-state index is 0.0614. The van der Waals surface area contributed by atoms with Crippen LogP contribution < -0.4 is 17.2 Å². The highest BCUT2D eigenvalue weighted by atomic mass is 16.3. The minimum Gasteiger partial charge on any atom is -0.399 e. The van der Waals surface area contributed by atoms with Gasteiger partial charge in [-0.15, -0.1) is 0 Å². The Labute approximate surface area is 77.3 Å². The Morgan fingerprint density at radius 2 is 2.08 bits per heavy atom. The predicted molar refractivity (Wildman–Crippen MR) is 52.8 cm³/mol. The van der Waals surface area contributed by atoms with Crippen LogP contribution in [0, 0.1) is 0 Å². The van der Waals surface area contributed by atoms with Gasteiger partial charge in [-0.1, -0.05) is 6.07 Å². The summed E-state index contributed by atoms with van der Waals surface area (Å²) in [6.45, 7) is 0.297. The van der Waals surface area contributed by atoms with Crippen LogP contribution in [0.25, 0.3) is 0 Å². The lowest BCUT2D eigenvalue weighted by atomic mass is 10.0. The van der Waals surface area contributed by atoms with Gasteiger partial charge in [0.2, 0.25) is 0 Å². The van der Waals surface area contributed by atoms with Gasteiger partial charge in [-0.25, -0.2) is 0 Å². The molecular formula is C9H15N3O. The van der Waals surface area contributed by atoms with E-state index in [-0.39, 0.29) is 12.6 Å². The molecule has 0 saturated heterocycles. The molecule has 0 bridgehead atoms. The third-order valence-electron chi connectivity index (χ3n) is 1.99. The second kappa shape index (κ2) is 4.23. The van der Waals surface area contributed by atoms with E-state index in [0.29, 0.717) is 12.2 Å². The van der Waals surface area contributed by atoms with E-state index in [9.17, 15) is 0 Å². The van der Waals surface area contributed by atoms with Crippen LogP contribution in [0.1, 0.15) is 17.2 Å². The average Bonchev–Trinajstić information content (AvgIpc) is 2.16. The summed E-state index contributed by atoms with van der Waals surface area (Å²) in [5, 5.41) is 9.04. The standard InChI is InChI=1S/C9H15N3O/c10-4-9(12)8-2-1-7(11)3-6(8)5-13/h1-3,9,13H,4-5,10-12H2/t9-/m1/s1. The second-order valence-electron chi connectivity index (χ2n) is 2.96. The highest BCUT2D eigenvalue weighted by Gasteiger charge is 2.08. The van der Waals surface area contributed by atoms with Crippen LogP contribution in [0.4, 0.5) is 5.69 Å². The smallest absolute Gasteiger partial charge is 0.0685 e. The van der Waals surface area contributed by atoms with Crippen LogP contribution in [0.3, 0.4) is 0 Å². The fourth-order valence-corrected chi connectivity index (χ4v) is 1.25. The number of nitrogen functional groups attached to an aromatic ring is 1. The van der Waals surface area contributed by atoms with Crippen LogP contribution in [0.15, 0.2) is 18.2 Å². The molecular weight excluding hydrogens is 166 g/mol. The molecule has 4 nitrogen and oxygen atoms in total. The van der Waals surface area contributed by atoms with E-state index in [4.69, 9.17) is 22.3 Å². The Morgan fingerprint density at radius 3 is 2.62 bits per heavy atom. The van der Waals surface area contributed by atoms with Gasteiger partial charge in [0.05, 0.1) is 6.61 Å². The van der Waals surface area contributed by atoms with Crippen molar-refractivity contribution in [3.8, 4) is 0 Å². The third kappa shape index (κ3) is 2.18. The number of nitrogens with two attached hydrogens (primary N) is 3. The van der Waals surface area contributed by atoms with Crippen molar-refractivity contribution in [2.75, 3.05) is 12.3 Å². The zero-order chi connectivity index (χ0) is 9.84. The molecule has 0 radical (unpaired) electrons. The van der Waals surface area contributed by atoms with Crippen molar-refractivity contribution in [3.63, 3.8) is 0 Å². The van der Waals surface area contributed by atoms with Crippen molar-refractivity contribution in [2.24, 2.45) is 11.5 Å². The summed E-state index contributed by atoms with van der Waals surface area (Å²) >= 11 is 0. The molecule has 1 aromatic rings. The first-order valence-electron chi connectivity index (χ1n) is 4.13. The van der Waals surface area contributed by atoms with E-state index in [1.807, 2.05) is 0 Å². The minimum atomic E-state index is -0.234. The van der Waals surface area contributed by atoms with E-state index in [1.54, 1.807) is 18.2 Å². The van der Waals surface area contributed by atoms with Crippen molar-refractivity contribution in [1.82, 2.24) is 0 Å². The van der Waals surface area contributed by atoms with Crippen LogP contribution in [-0.4, -0.2) is 11.7 Å². The molecule has 0 unspecified atom stereocenters. The molecule has 72 valence electrons. The Bertz CT molecular complexity index is 288. The molecule has 0 amide bonds. The summed E-state index contributed by atoms with van der Waals surface area (Å²) in [4.78, 5) is 0. The summed E-state index contributed by atoms with van der Waals surface area (Å²) < 4.78 is 0. The SMILES string of the molecule is NC[C@@H](N)c1ccc(N)cc1CO. The molecule has 1 aromatic carbocycles. The number of benzene rings is 1. The van der Waals surface area contributed by atoms with E-state index in [0.717, 1.165) is 11.1 Å². The van der Waals surface area contributed by atoms with Crippen molar-refractivity contribution in [1.29, 1.82) is 0 Å². The van der Waals surface area contributed by atoms with Crippen molar-refractivity contribution < 1.29 is 5.11 Å².